The summed E-state index contributed by atoms with van der Waals surface area (Å²) >= 11 is 0. The Kier molecular flexibility index (Phi) is 8.83. The van der Waals surface area contributed by atoms with E-state index in [0.717, 1.165) is 24.7 Å². The van der Waals surface area contributed by atoms with Crippen LogP contribution in [0.3, 0.4) is 0 Å². The maximum absolute atomic E-state index is 12.5. The van der Waals surface area contributed by atoms with Gasteiger partial charge in [0.05, 0.1) is 5.56 Å². The third-order valence-corrected chi connectivity index (χ3v) is 7.12. The molecular formula is C27H40O2. The quantitative estimate of drug-likeness (QED) is 0.312. The van der Waals surface area contributed by atoms with Gasteiger partial charge in [0.25, 0.3) is 0 Å². The first-order valence-electron chi connectivity index (χ1n) is 12.2. The molecule has 0 N–H and O–H groups in total. The van der Waals surface area contributed by atoms with Crippen molar-refractivity contribution < 1.29 is 9.53 Å². The van der Waals surface area contributed by atoms with Crippen LogP contribution in [0.4, 0.5) is 0 Å². The summed E-state index contributed by atoms with van der Waals surface area (Å²) in [5.41, 5.74) is 3.42. The summed E-state index contributed by atoms with van der Waals surface area (Å²) in [5.74, 6) is 1.54. The maximum Gasteiger partial charge on any atom is 0.338 e. The van der Waals surface area contributed by atoms with Gasteiger partial charge in [-0.3, -0.25) is 0 Å². The molecule has 2 aliphatic carbocycles. The van der Waals surface area contributed by atoms with Crippen LogP contribution in [0.25, 0.3) is 5.57 Å². The van der Waals surface area contributed by atoms with Gasteiger partial charge < -0.3 is 4.74 Å². The van der Waals surface area contributed by atoms with Crippen LogP contribution in [-0.4, -0.2) is 12.1 Å². The van der Waals surface area contributed by atoms with E-state index in [2.05, 4.69) is 32.1 Å². The zero-order chi connectivity index (χ0) is 20.5. The lowest BCUT2D eigenvalue weighted by Crippen LogP contribution is -2.24. The van der Waals surface area contributed by atoms with E-state index in [-0.39, 0.29) is 12.1 Å². The van der Waals surface area contributed by atoms with Gasteiger partial charge in [-0.2, -0.15) is 0 Å². The van der Waals surface area contributed by atoms with Crippen molar-refractivity contribution in [1.82, 2.24) is 0 Å². The molecule has 0 aromatic heterocycles. The Morgan fingerprint density at radius 3 is 2.31 bits per heavy atom. The molecule has 0 bridgehead atoms. The van der Waals surface area contributed by atoms with Crippen molar-refractivity contribution in [3.05, 3.63) is 41.5 Å². The highest BCUT2D eigenvalue weighted by molar-refractivity contribution is 5.90. The van der Waals surface area contributed by atoms with Crippen LogP contribution in [0.15, 0.2) is 30.3 Å². The maximum atomic E-state index is 12.5. The minimum Gasteiger partial charge on any atom is -0.459 e. The van der Waals surface area contributed by atoms with Crippen molar-refractivity contribution in [3.8, 4) is 0 Å². The Bertz CT molecular complexity index is 650. The highest BCUT2D eigenvalue weighted by atomic mass is 16.5. The molecule has 0 spiro atoms. The summed E-state index contributed by atoms with van der Waals surface area (Å²) in [4.78, 5) is 12.5. The zero-order valence-corrected chi connectivity index (χ0v) is 18.6. The van der Waals surface area contributed by atoms with Gasteiger partial charge in [0.15, 0.2) is 0 Å². The number of carbonyl (C=O) groups excluding carboxylic acids is 1. The highest BCUT2D eigenvalue weighted by Crippen LogP contribution is 2.33. The van der Waals surface area contributed by atoms with E-state index in [9.17, 15) is 4.79 Å². The minimum atomic E-state index is -0.152. The second kappa shape index (κ2) is 11.6. The molecule has 160 valence electrons. The standard InChI is InChI=1S/C27H40O2/c1-3-5-6-7-8-22-9-13-23(14-10-22)24-15-17-25(18-16-24)27(28)29-26-19-11-21(4-2)12-20-26/h13,15-18,21-22,26H,3-12,14,19-20H2,1-2H3/t21-,22?,26-. The van der Waals surface area contributed by atoms with Gasteiger partial charge in [0, 0.05) is 0 Å². The van der Waals surface area contributed by atoms with Gasteiger partial charge in [-0.15, -0.1) is 0 Å². The molecule has 2 heteroatoms. The average Bonchev–Trinajstić information content (AvgIpc) is 2.78. The fourth-order valence-electron chi connectivity index (χ4n) is 4.97. The van der Waals surface area contributed by atoms with Crippen molar-refractivity contribution in [2.45, 2.75) is 103 Å². The number of unbranched alkanes of at least 4 members (excludes halogenated alkanes) is 3. The summed E-state index contributed by atoms with van der Waals surface area (Å²) in [6.45, 7) is 4.53. The second-order valence-electron chi connectivity index (χ2n) is 9.25. The number of esters is 1. The summed E-state index contributed by atoms with van der Waals surface area (Å²) in [5, 5.41) is 0. The Balaban J connectivity index is 1.46. The molecule has 1 fully saturated rings. The lowest BCUT2D eigenvalue weighted by atomic mass is 9.83. The molecule has 0 heterocycles. The Hall–Kier alpha value is -1.57. The summed E-state index contributed by atoms with van der Waals surface area (Å²) in [6, 6.07) is 8.12. The van der Waals surface area contributed by atoms with E-state index >= 15 is 0 Å². The lowest BCUT2D eigenvalue weighted by Gasteiger charge is -2.27. The largest absolute Gasteiger partial charge is 0.459 e. The van der Waals surface area contributed by atoms with Crippen molar-refractivity contribution in [3.63, 3.8) is 0 Å². The van der Waals surface area contributed by atoms with Crippen LogP contribution in [-0.2, 0) is 4.74 Å². The van der Waals surface area contributed by atoms with Gasteiger partial charge >= 0.3 is 5.97 Å². The van der Waals surface area contributed by atoms with Crippen LogP contribution in [0, 0.1) is 11.8 Å². The van der Waals surface area contributed by atoms with Crippen molar-refractivity contribution in [1.29, 1.82) is 0 Å². The van der Waals surface area contributed by atoms with Crippen molar-refractivity contribution in [2.24, 2.45) is 11.8 Å². The lowest BCUT2D eigenvalue weighted by molar-refractivity contribution is 0.0164. The molecule has 29 heavy (non-hydrogen) atoms. The topological polar surface area (TPSA) is 26.3 Å². The second-order valence-corrected chi connectivity index (χ2v) is 9.25. The smallest absolute Gasteiger partial charge is 0.338 e. The summed E-state index contributed by atoms with van der Waals surface area (Å²) < 4.78 is 5.77. The van der Waals surface area contributed by atoms with Crippen LogP contribution < -0.4 is 0 Å². The number of hydrogen-bond acceptors (Lipinski definition) is 2. The molecule has 1 unspecified atom stereocenters. The van der Waals surface area contributed by atoms with E-state index < -0.39 is 0 Å². The van der Waals surface area contributed by atoms with E-state index in [1.54, 1.807) is 0 Å². The predicted octanol–water partition coefficient (Wildman–Crippen LogP) is 7.97. The molecule has 1 aromatic rings. The Labute approximate surface area is 178 Å². The Morgan fingerprint density at radius 1 is 0.931 bits per heavy atom. The zero-order valence-electron chi connectivity index (χ0n) is 18.6. The van der Waals surface area contributed by atoms with E-state index in [4.69, 9.17) is 4.74 Å². The van der Waals surface area contributed by atoms with Crippen LogP contribution in [0.2, 0.25) is 0 Å². The molecule has 0 radical (unpaired) electrons. The van der Waals surface area contributed by atoms with E-state index in [1.807, 2.05) is 12.1 Å². The van der Waals surface area contributed by atoms with Gasteiger partial charge in [0.1, 0.15) is 6.10 Å². The van der Waals surface area contributed by atoms with E-state index in [0.29, 0.717) is 5.56 Å². The number of carbonyl (C=O) groups is 1. The fourth-order valence-corrected chi connectivity index (χ4v) is 4.97. The highest BCUT2D eigenvalue weighted by Gasteiger charge is 2.23. The molecular weight excluding hydrogens is 356 g/mol. The van der Waals surface area contributed by atoms with Crippen molar-refractivity contribution >= 4 is 11.5 Å². The molecule has 0 saturated heterocycles. The van der Waals surface area contributed by atoms with Gasteiger partial charge in [0.2, 0.25) is 0 Å². The molecule has 1 aromatic carbocycles. The van der Waals surface area contributed by atoms with Crippen molar-refractivity contribution in [2.75, 3.05) is 0 Å². The molecule has 1 atom stereocenters. The Morgan fingerprint density at radius 2 is 1.69 bits per heavy atom. The van der Waals surface area contributed by atoms with Crippen LogP contribution >= 0.6 is 0 Å². The molecule has 3 rings (SSSR count). The number of rotatable bonds is 9. The first kappa shape index (κ1) is 22.1. The summed E-state index contributed by atoms with van der Waals surface area (Å²) in [6.07, 6.45) is 18.8. The minimum absolute atomic E-state index is 0.111. The number of hydrogen-bond donors (Lipinski definition) is 0. The normalized spacial score (nSPS) is 24.8. The first-order chi connectivity index (χ1) is 14.2. The van der Waals surface area contributed by atoms with Crippen LogP contribution in [0.5, 0.6) is 0 Å². The summed E-state index contributed by atoms with van der Waals surface area (Å²) in [7, 11) is 0. The SMILES string of the molecule is CCCCCCC1CC=C(c2ccc(C(=O)O[C@H]3CC[C@H](CC)CC3)cc2)CC1. The molecule has 1 saturated carbocycles. The first-order valence-corrected chi connectivity index (χ1v) is 12.2. The van der Waals surface area contributed by atoms with Gasteiger partial charge in [-0.05, 0) is 80.1 Å². The predicted molar refractivity (Wildman–Crippen MR) is 122 cm³/mol. The number of allylic oxidation sites excluding steroid dienone is 2. The molecule has 2 aliphatic rings. The fraction of sp³-hybridized carbons (Fsp3) is 0.667. The molecule has 0 amide bonds. The van der Waals surface area contributed by atoms with E-state index in [1.165, 1.54) is 81.8 Å². The van der Waals surface area contributed by atoms with Gasteiger partial charge in [-0.25, -0.2) is 4.79 Å². The van der Waals surface area contributed by atoms with Crippen LogP contribution in [0.1, 0.15) is 113 Å². The average molecular weight is 397 g/mol. The van der Waals surface area contributed by atoms with Gasteiger partial charge in [-0.1, -0.05) is 70.6 Å². The third kappa shape index (κ3) is 6.73. The third-order valence-electron chi connectivity index (χ3n) is 7.12. The number of ether oxygens (including phenoxy) is 1. The molecule has 0 aliphatic heterocycles. The monoisotopic (exact) mass is 396 g/mol. The molecule has 2 nitrogen and oxygen atoms in total. The number of benzene rings is 1.